The lowest BCUT2D eigenvalue weighted by atomic mass is 10.1. The third-order valence-electron chi connectivity index (χ3n) is 4.78. The lowest BCUT2D eigenvalue weighted by Gasteiger charge is -2.17. The number of aryl methyl sites for hydroxylation is 1. The molecule has 6 nitrogen and oxygen atoms in total. The molecule has 0 aromatic heterocycles. The maximum Gasteiger partial charge on any atom is 0.255 e. The van der Waals surface area contributed by atoms with Gasteiger partial charge in [-0.1, -0.05) is 23.8 Å². The van der Waals surface area contributed by atoms with Crippen LogP contribution in [0.25, 0.3) is 0 Å². The second-order valence-electron chi connectivity index (χ2n) is 6.83. The number of hydrogen-bond donors (Lipinski definition) is 2. The summed E-state index contributed by atoms with van der Waals surface area (Å²) >= 11 is 0. The van der Waals surface area contributed by atoms with Crippen LogP contribution in [0.5, 0.6) is 11.5 Å². The van der Waals surface area contributed by atoms with Crippen molar-refractivity contribution in [3.63, 3.8) is 0 Å². The number of carbonyl (C=O) groups is 2. The fraction of sp³-hybridized carbons (Fsp3) is 0.333. The zero-order valence-electron chi connectivity index (χ0n) is 15.6. The number of ether oxygens (including phenoxy) is 1. The molecule has 1 fully saturated rings. The summed E-state index contributed by atoms with van der Waals surface area (Å²) in [5.41, 5.74) is 2.25. The molecule has 0 radical (unpaired) electrons. The number of phenols is 1. The fourth-order valence-electron chi connectivity index (χ4n) is 3.24. The molecular formula is C21H24N2O4. The van der Waals surface area contributed by atoms with Crippen molar-refractivity contribution in [1.29, 1.82) is 0 Å². The maximum atomic E-state index is 12.4. The number of benzene rings is 2. The van der Waals surface area contributed by atoms with E-state index in [4.69, 9.17) is 4.74 Å². The normalized spacial score (nSPS) is 16.4. The minimum absolute atomic E-state index is 0.0299. The summed E-state index contributed by atoms with van der Waals surface area (Å²) < 4.78 is 5.14. The summed E-state index contributed by atoms with van der Waals surface area (Å²) in [4.78, 5) is 26.4. The van der Waals surface area contributed by atoms with Gasteiger partial charge in [0.15, 0.2) is 0 Å². The predicted octanol–water partition coefficient (Wildman–Crippen LogP) is 2.28. The van der Waals surface area contributed by atoms with Gasteiger partial charge in [-0.25, -0.2) is 0 Å². The number of methoxy groups -OCH3 is 1. The van der Waals surface area contributed by atoms with Gasteiger partial charge in [0.1, 0.15) is 11.5 Å². The van der Waals surface area contributed by atoms with Crippen molar-refractivity contribution in [2.75, 3.05) is 20.2 Å². The van der Waals surface area contributed by atoms with Crippen LogP contribution in [0.1, 0.15) is 27.9 Å². The smallest absolute Gasteiger partial charge is 0.255 e. The summed E-state index contributed by atoms with van der Waals surface area (Å²) in [5, 5.41) is 12.7. The van der Waals surface area contributed by atoms with Gasteiger partial charge < -0.3 is 20.1 Å². The summed E-state index contributed by atoms with van der Waals surface area (Å²) in [6, 6.07) is 12.4. The van der Waals surface area contributed by atoms with Crippen LogP contribution in [-0.2, 0) is 11.2 Å². The predicted molar refractivity (Wildman–Crippen MR) is 102 cm³/mol. The van der Waals surface area contributed by atoms with E-state index in [2.05, 4.69) is 5.32 Å². The quantitative estimate of drug-likeness (QED) is 0.820. The highest BCUT2D eigenvalue weighted by atomic mass is 16.5. The third kappa shape index (κ3) is 4.58. The molecule has 2 amide bonds. The van der Waals surface area contributed by atoms with Crippen molar-refractivity contribution in [2.45, 2.75) is 25.8 Å². The summed E-state index contributed by atoms with van der Waals surface area (Å²) in [7, 11) is 1.63. The maximum absolute atomic E-state index is 12.4. The average Bonchev–Trinajstić information content (AvgIpc) is 3.01. The minimum atomic E-state index is -0.356. The first-order chi connectivity index (χ1) is 13.0. The summed E-state index contributed by atoms with van der Waals surface area (Å²) in [6.45, 7) is 2.94. The second kappa shape index (κ2) is 8.12. The standard InChI is InChI=1S/C21H24N2O4/c1-14-3-8-19(24)18(11-14)21(26)22-16-12-20(25)23(13-16)10-9-15-4-6-17(27-2)7-5-15/h3-8,11,16,24H,9-10,12-13H2,1-2H3,(H,22,26)/t16-/m1/s1. The van der Waals surface area contributed by atoms with Gasteiger partial charge in [-0.15, -0.1) is 0 Å². The molecule has 0 aliphatic carbocycles. The molecule has 0 unspecified atom stereocenters. The van der Waals surface area contributed by atoms with E-state index in [1.807, 2.05) is 31.2 Å². The largest absolute Gasteiger partial charge is 0.507 e. The first-order valence-corrected chi connectivity index (χ1v) is 8.97. The molecule has 0 saturated carbocycles. The molecule has 1 heterocycles. The van der Waals surface area contributed by atoms with Crippen LogP contribution in [0.2, 0.25) is 0 Å². The van der Waals surface area contributed by atoms with Crippen LogP contribution in [0.3, 0.4) is 0 Å². The topological polar surface area (TPSA) is 78.9 Å². The van der Waals surface area contributed by atoms with Crippen LogP contribution in [0.4, 0.5) is 0 Å². The highest BCUT2D eigenvalue weighted by molar-refractivity contribution is 5.97. The molecule has 2 N–H and O–H groups in total. The molecule has 142 valence electrons. The number of likely N-dealkylation sites (tertiary alicyclic amines) is 1. The molecule has 2 aromatic rings. The summed E-state index contributed by atoms with van der Waals surface area (Å²) in [5.74, 6) is 0.422. The Balaban J connectivity index is 1.55. The molecule has 1 aliphatic rings. The Labute approximate surface area is 158 Å². The van der Waals surface area contributed by atoms with E-state index in [0.717, 1.165) is 23.3 Å². The Morgan fingerprint density at radius 1 is 1.26 bits per heavy atom. The number of hydrogen-bond acceptors (Lipinski definition) is 4. The van der Waals surface area contributed by atoms with Crippen molar-refractivity contribution >= 4 is 11.8 Å². The molecule has 1 saturated heterocycles. The molecule has 1 aliphatic heterocycles. The molecule has 1 atom stereocenters. The van der Waals surface area contributed by atoms with E-state index >= 15 is 0 Å². The van der Waals surface area contributed by atoms with Gasteiger partial charge in [-0.3, -0.25) is 9.59 Å². The number of rotatable bonds is 6. The number of nitrogens with zero attached hydrogens (tertiary/aromatic N) is 1. The average molecular weight is 368 g/mol. The van der Waals surface area contributed by atoms with E-state index in [1.165, 1.54) is 6.07 Å². The van der Waals surface area contributed by atoms with E-state index in [0.29, 0.717) is 13.1 Å². The second-order valence-corrected chi connectivity index (χ2v) is 6.83. The number of nitrogens with one attached hydrogen (secondary N) is 1. The van der Waals surface area contributed by atoms with Crippen LogP contribution in [0, 0.1) is 6.92 Å². The third-order valence-corrected chi connectivity index (χ3v) is 4.78. The monoisotopic (exact) mass is 368 g/mol. The Morgan fingerprint density at radius 3 is 2.70 bits per heavy atom. The number of phenolic OH excluding ortho intramolecular Hbond substituents is 1. The van der Waals surface area contributed by atoms with Crippen molar-refractivity contribution in [3.05, 3.63) is 59.2 Å². The zero-order valence-corrected chi connectivity index (χ0v) is 15.6. The van der Waals surface area contributed by atoms with Gasteiger partial charge in [-0.05, 0) is 43.2 Å². The number of carbonyl (C=O) groups excluding carboxylic acids is 2. The Hall–Kier alpha value is -3.02. The Bertz CT molecular complexity index is 833. The number of amides is 2. The van der Waals surface area contributed by atoms with Crippen molar-refractivity contribution in [1.82, 2.24) is 10.2 Å². The van der Waals surface area contributed by atoms with E-state index in [9.17, 15) is 14.7 Å². The van der Waals surface area contributed by atoms with Gasteiger partial charge in [0, 0.05) is 19.5 Å². The van der Waals surface area contributed by atoms with E-state index in [-0.39, 0.29) is 35.6 Å². The first kappa shape index (κ1) is 18.8. The molecule has 27 heavy (non-hydrogen) atoms. The van der Waals surface area contributed by atoms with Crippen LogP contribution in [-0.4, -0.2) is 48.1 Å². The molecule has 3 rings (SSSR count). The lowest BCUT2D eigenvalue weighted by molar-refractivity contribution is -0.127. The van der Waals surface area contributed by atoms with Gasteiger partial charge in [0.05, 0.1) is 18.7 Å². The van der Waals surface area contributed by atoms with Gasteiger partial charge in [0.25, 0.3) is 5.91 Å². The highest BCUT2D eigenvalue weighted by Gasteiger charge is 2.30. The highest BCUT2D eigenvalue weighted by Crippen LogP contribution is 2.20. The Morgan fingerprint density at radius 2 is 2.00 bits per heavy atom. The fourth-order valence-corrected chi connectivity index (χ4v) is 3.24. The first-order valence-electron chi connectivity index (χ1n) is 8.97. The van der Waals surface area contributed by atoms with Crippen molar-refractivity contribution in [3.8, 4) is 11.5 Å². The van der Waals surface area contributed by atoms with E-state index in [1.54, 1.807) is 24.1 Å². The molecular weight excluding hydrogens is 344 g/mol. The van der Waals surface area contributed by atoms with Gasteiger partial charge >= 0.3 is 0 Å². The van der Waals surface area contributed by atoms with Gasteiger partial charge in [-0.2, -0.15) is 0 Å². The minimum Gasteiger partial charge on any atom is -0.507 e. The Kier molecular flexibility index (Phi) is 5.64. The van der Waals surface area contributed by atoms with Crippen LogP contribution in [0.15, 0.2) is 42.5 Å². The van der Waals surface area contributed by atoms with Crippen LogP contribution < -0.4 is 10.1 Å². The van der Waals surface area contributed by atoms with Crippen molar-refractivity contribution in [2.24, 2.45) is 0 Å². The van der Waals surface area contributed by atoms with Gasteiger partial charge in [0.2, 0.25) is 5.91 Å². The summed E-state index contributed by atoms with van der Waals surface area (Å²) in [6.07, 6.45) is 1.02. The lowest BCUT2D eigenvalue weighted by Crippen LogP contribution is -2.37. The SMILES string of the molecule is COc1ccc(CCN2C[C@H](NC(=O)c3cc(C)ccc3O)CC2=O)cc1. The van der Waals surface area contributed by atoms with Crippen LogP contribution >= 0.6 is 0 Å². The molecule has 0 bridgehead atoms. The molecule has 6 heteroatoms. The zero-order chi connectivity index (χ0) is 19.4. The van der Waals surface area contributed by atoms with E-state index < -0.39 is 0 Å². The number of aromatic hydroxyl groups is 1. The molecule has 2 aromatic carbocycles. The molecule has 0 spiro atoms. The van der Waals surface area contributed by atoms with Crippen molar-refractivity contribution < 1.29 is 19.4 Å².